The minimum absolute atomic E-state index is 0.188. The molecule has 7 rings (SSSR count). The first-order valence-corrected chi connectivity index (χ1v) is 17.0. The summed E-state index contributed by atoms with van der Waals surface area (Å²) < 4.78 is 14.1. The van der Waals surface area contributed by atoms with E-state index in [1.54, 1.807) is 32.4 Å². The van der Waals surface area contributed by atoms with Gasteiger partial charge in [0.15, 0.2) is 0 Å². The Bertz CT molecular complexity index is 1900. The monoisotopic (exact) mass is 646 g/mol. The Morgan fingerprint density at radius 3 is 2.46 bits per heavy atom. The maximum Gasteiger partial charge on any atom is 0.252 e. The van der Waals surface area contributed by atoms with E-state index >= 15 is 0 Å². The third-order valence-electron chi connectivity index (χ3n) is 10.2. The van der Waals surface area contributed by atoms with Gasteiger partial charge in [0.1, 0.15) is 23.6 Å². The number of nitrogens with one attached hydrogen (secondary N) is 3. The number of ether oxygens (including phenoxy) is 2. The Hall–Kier alpha value is -5.05. The molecule has 4 aromatic rings. The van der Waals surface area contributed by atoms with Gasteiger partial charge in [0.05, 0.1) is 19.3 Å². The molecule has 0 bridgehead atoms. The standard InChI is InChI=1S/C39H42N4O5/c1-40-34(44)18-11-25-9-13-28(14-10-25)41-38(46)39(19-6-20-39)42-37(45)27-12-16-30-32(23-27)43-21-22-48-33-24-29(47-2)15-17-31(33)36(43)35(30)26-7-4-3-5-8-26/h9-18,23-24,26H,3-8,19-22H2,1-2H3,(H,40,44)(H,41,46)(H,42,45)/b18-11+. The zero-order chi connectivity index (χ0) is 33.3. The molecule has 3 amide bonds. The summed E-state index contributed by atoms with van der Waals surface area (Å²) in [5.74, 6) is 1.35. The molecule has 2 aliphatic carbocycles. The molecular formula is C39H42N4O5. The van der Waals surface area contributed by atoms with Crippen molar-refractivity contribution < 1.29 is 23.9 Å². The second-order valence-corrected chi connectivity index (χ2v) is 13.1. The first-order chi connectivity index (χ1) is 23.4. The number of carbonyl (C=O) groups is 3. The molecule has 2 heterocycles. The number of hydrogen-bond donors (Lipinski definition) is 3. The van der Waals surface area contributed by atoms with Crippen molar-refractivity contribution >= 4 is 40.4 Å². The quantitative estimate of drug-likeness (QED) is 0.182. The number of rotatable bonds is 8. The lowest BCUT2D eigenvalue weighted by Crippen LogP contribution is -2.61. The van der Waals surface area contributed by atoms with Crippen LogP contribution in [0.25, 0.3) is 28.2 Å². The van der Waals surface area contributed by atoms with Crippen LogP contribution < -0.4 is 25.4 Å². The molecule has 3 N–H and O–H groups in total. The van der Waals surface area contributed by atoms with Gasteiger partial charge < -0.3 is 30.0 Å². The third kappa shape index (κ3) is 5.93. The second kappa shape index (κ2) is 13.2. The van der Waals surface area contributed by atoms with Crippen LogP contribution in [0.1, 0.15) is 78.8 Å². The number of nitrogens with zero attached hydrogens (tertiary/aromatic N) is 1. The van der Waals surface area contributed by atoms with E-state index in [0.29, 0.717) is 43.2 Å². The van der Waals surface area contributed by atoms with Crippen LogP contribution in [0.5, 0.6) is 11.5 Å². The van der Waals surface area contributed by atoms with E-state index in [1.807, 2.05) is 36.4 Å². The molecule has 0 atom stereocenters. The van der Waals surface area contributed by atoms with E-state index in [1.165, 1.54) is 42.0 Å². The molecule has 0 saturated heterocycles. The van der Waals surface area contributed by atoms with Gasteiger partial charge in [0.2, 0.25) is 11.8 Å². The highest BCUT2D eigenvalue weighted by Gasteiger charge is 2.45. The molecule has 3 aromatic carbocycles. The number of hydrogen-bond acceptors (Lipinski definition) is 5. The van der Waals surface area contributed by atoms with Gasteiger partial charge in [-0.1, -0.05) is 37.5 Å². The number of likely N-dealkylation sites (N-methyl/N-ethyl adjacent to an activating group) is 1. The summed E-state index contributed by atoms with van der Waals surface area (Å²) in [4.78, 5) is 39.0. The molecule has 1 aromatic heterocycles. The zero-order valence-electron chi connectivity index (χ0n) is 27.6. The highest BCUT2D eigenvalue weighted by molar-refractivity contribution is 6.06. The molecular weight excluding hydrogens is 604 g/mol. The fraction of sp³-hybridized carbons (Fsp3) is 0.359. The number of carbonyl (C=O) groups excluding carboxylic acids is 3. The average molecular weight is 647 g/mol. The van der Waals surface area contributed by atoms with E-state index in [-0.39, 0.29) is 17.7 Å². The normalized spacial score (nSPS) is 17.0. The SMILES string of the molecule is CNC(=O)/C=C/c1ccc(NC(=O)C2(NC(=O)c3ccc4c(C5CCCCC5)c5n(c4c3)CCOc3cc(OC)ccc3-5)CCC2)cc1. The predicted octanol–water partition coefficient (Wildman–Crippen LogP) is 6.81. The summed E-state index contributed by atoms with van der Waals surface area (Å²) in [7, 11) is 3.24. The molecule has 48 heavy (non-hydrogen) atoms. The molecule has 248 valence electrons. The number of anilines is 1. The van der Waals surface area contributed by atoms with Gasteiger partial charge in [-0.05, 0) is 91.6 Å². The molecule has 0 unspecified atom stereocenters. The third-order valence-corrected chi connectivity index (χ3v) is 10.2. The van der Waals surface area contributed by atoms with Gasteiger partial charge in [-0.25, -0.2) is 0 Å². The number of aromatic nitrogens is 1. The van der Waals surface area contributed by atoms with E-state index in [0.717, 1.165) is 47.4 Å². The van der Waals surface area contributed by atoms with Gasteiger partial charge >= 0.3 is 0 Å². The maximum absolute atomic E-state index is 13.9. The minimum atomic E-state index is -0.973. The molecule has 3 aliphatic rings. The number of amides is 3. The van der Waals surface area contributed by atoms with Crippen LogP contribution in [0, 0.1) is 0 Å². The van der Waals surface area contributed by atoms with Crippen molar-refractivity contribution in [3.8, 4) is 22.8 Å². The van der Waals surface area contributed by atoms with Crippen molar-refractivity contribution in [2.75, 3.05) is 26.1 Å². The summed E-state index contributed by atoms with van der Waals surface area (Å²) >= 11 is 0. The summed E-state index contributed by atoms with van der Waals surface area (Å²) in [6.07, 6.45) is 11.2. The van der Waals surface area contributed by atoms with Crippen molar-refractivity contribution in [3.63, 3.8) is 0 Å². The average Bonchev–Trinajstić information content (AvgIpc) is 3.30. The summed E-state index contributed by atoms with van der Waals surface area (Å²) in [6, 6.07) is 19.3. The Kier molecular flexibility index (Phi) is 8.69. The van der Waals surface area contributed by atoms with Gasteiger partial charge in [-0.3, -0.25) is 14.4 Å². The van der Waals surface area contributed by atoms with Crippen molar-refractivity contribution in [2.45, 2.75) is 69.4 Å². The van der Waals surface area contributed by atoms with Gasteiger partial charge in [0.25, 0.3) is 5.91 Å². The summed E-state index contributed by atoms with van der Waals surface area (Å²) in [5.41, 5.74) is 5.62. The van der Waals surface area contributed by atoms with E-state index in [9.17, 15) is 14.4 Å². The van der Waals surface area contributed by atoms with Crippen LogP contribution >= 0.6 is 0 Å². The lowest BCUT2D eigenvalue weighted by atomic mass is 9.75. The molecule has 9 heteroatoms. The lowest BCUT2D eigenvalue weighted by Gasteiger charge is -2.40. The fourth-order valence-electron chi connectivity index (χ4n) is 7.45. The molecule has 0 radical (unpaired) electrons. The molecule has 2 saturated carbocycles. The Morgan fingerprint density at radius 2 is 1.75 bits per heavy atom. The van der Waals surface area contributed by atoms with Gasteiger partial charge in [-0.15, -0.1) is 0 Å². The second-order valence-electron chi connectivity index (χ2n) is 13.1. The Balaban J connectivity index is 1.17. The summed E-state index contributed by atoms with van der Waals surface area (Å²) in [5, 5.41) is 9.84. The van der Waals surface area contributed by atoms with Crippen molar-refractivity contribution in [2.24, 2.45) is 0 Å². The Morgan fingerprint density at radius 1 is 0.958 bits per heavy atom. The molecule has 1 aliphatic heterocycles. The van der Waals surface area contributed by atoms with E-state index in [4.69, 9.17) is 9.47 Å². The van der Waals surface area contributed by atoms with E-state index < -0.39 is 5.54 Å². The Labute approximate surface area is 280 Å². The molecule has 0 spiro atoms. The topological polar surface area (TPSA) is 111 Å². The number of methoxy groups -OCH3 is 1. The first kappa shape index (κ1) is 31.5. The smallest absolute Gasteiger partial charge is 0.252 e. The van der Waals surface area contributed by atoms with Crippen molar-refractivity contribution in [1.29, 1.82) is 0 Å². The maximum atomic E-state index is 13.9. The minimum Gasteiger partial charge on any atom is -0.497 e. The van der Waals surface area contributed by atoms with Crippen molar-refractivity contribution in [3.05, 3.63) is 83.4 Å². The molecule has 9 nitrogen and oxygen atoms in total. The predicted molar refractivity (Wildman–Crippen MR) is 187 cm³/mol. The van der Waals surface area contributed by atoms with Crippen molar-refractivity contribution in [1.82, 2.24) is 15.2 Å². The first-order valence-electron chi connectivity index (χ1n) is 17.0. The van der Waals surface area contributed by atoms with Gasteiger partial charge in [0, 0.05) is 46.9 Å². The lowest BCUT2D eigenvalue weighted by molar-refractivity contribution is -0.125. The summed E-state index contributed by atoms with van der Waals surface area (Å²) in [6.45, 7) is 1.17. The largest absolute Gasteiger partial charge is 0.497 e. The van der Waals surface area contributed by atoms with Crippen LogP contribution in [0.4, 0.5) is 5.69 Å². The van der Waals surface area contributed by atoms with Crippen LogP contribution in [-0.2, 0) is 16.1 Å². The van der Waals surface area contributed by atoms with E-state index in [2.05, 4.69) is 32.7 Å². The highest BCUT2D eigenvalue weighted by Crippen LogP contribution is 2.48. The van der Waals surface area contributed by atoms with Crippen LogP contribution in [0.15, 0.2) is 66.7 Å². The number of benzene rings is 3. The zero-order valence-corrected chi connectivity index (χ0v) is 27.6. The fourth-order valence-corrected chi connectivity index (χ4v) is 7.45. The van der Waals surface area contributed by atoms with Crippen LogP contribution in [0.3, 0.4) is 0 Å². The molecule has 2 fully saturated rings. The van der Waals surface area contributed by atoms with Crippen LogP contribution in [0.2, 0.25) is 0 Å². The number of fused-ring (bicyclic) bond motifs is 5. The highest BCUT2D eigenvalue weighted by atomic mass is 16.5. The van der Waals surface area contributed by atoms with Gasteiger partial charge in [-0.2, -0.15) is 0 Å². The van der Waals surface area contributed by atoms with Crippen LogP contribution in [-0.4, -0.2) is 48.6 Å².